The predicted octanol–water partition coefficient (Wildman–Crippen LogP) is 2.25. The van der Waals surface area contributed by atoms with Crippen molar-refractivity contribution in [2.75, 3.05) is 13.6 Å². The number of aliphatic hydroxyl groups excluding tert-OH is 1. The molecule has 3 N–H and O–H groups in total. The van der Waals surface area contributed by atoms with Gasteiger partial charge < -0.3 is 15.5 Å². The van der Waals surface area contributed by atoms with Crippen molar-refractivity contribution in [2.45, 2.75) is 39.2 Å². The van der Waals surface area contributed by atoms with Crippen LogP contribution in [-0.4, -0.2) is 23.8 Å². The molecule has 1 rings (SSSR count). The Hall–Kier alpha value is -1.06. The van der Waals surface area contributed by atoms with Crippen molar-refractivity contribution in [3.63, 3.8) is 0 Å². The van der Waals surface area contributed by atoms with Crippen molar-refractivity contribution in [1.29, 1.82) is 0 Å². The lowest BCUT2D eigenvalue weighted by atomic mass is 9.83. The Balaban J connectivity index is 3.24. The van der Waals surface area contributed by atoms with Crippen LogP contribution in [0.4, 0.5) is 0 Å². The van der Waals surface area contributed by atoms with Gasteiger partial charge in [-0.25, -0.2) is 0 Å². The Bertz CT molecular complexity index is 394. The van der Waals surface area contributed by atoms with Crippen molar-refractivity contribution in [3.05, 3.63) is 28.8 Å². The summed E-state index contributed by atoms with van der Waals surface area (Å²) in [6.45, 7) is 8.55. The molecule has 0 spiro atoms. The first-order valence-corrected chi connectivity index (χ1v) is 5.94. The molecule has 0 aliphatic rings. The third-order valence-electron chi connectivity index (χ3n) is 2.95. The molecule has 0 fully saturated rings. The lowest BCUT2D eigenvalue weighted by molar-refractivity contribution is 0.176. The van der Waals surface area contributed by atoms with Crippen molar-refractivity contribution < 1.29 is 10.2 Å². The summed E-state index contributed by atoms with van der Waals surface area (Å²) in [5.74, 6) is 0.301. The SMILES string of the molecule is CNCC(O)c1cc(C(C)(C)C)c(O)cc1C. The van der Waals surface area contributed by atoms with Crippen LogP contribution in [0.1, 0.15) is 43.6 Å². The van der Waals surface area contributed by atoms with Gasteiger partial charge in [-0.2, -0.15) is 0 Å². The molecule has 3 heteroatoms. The van der Waals surface area contributed by atoms with E-state index in [2.05, 4.69) is 5.32 Å². The van der Waals surface area contributed by atoms with Gasteiger partial charge >= 0.3 is 0 Å². The van der Waals surface area contributed by atoms with Crippen LogP contribution in [0.5, 0.6) is 5.75 Å². The summed E-state index contributed by atoms with van der Waals surface area (Å²) in [4.78, 5) is 0. The maximum atomic E-state index is 10.0. The number of likely N-dealkylation sites (N-methyl/N-ethyl adjacent to an activating group) is 1. The topological polar surface area (TPSA) is 52.5 Å². The minimum Gasteiger partial charge on any atom is -0.508 e. The molecule has 3 nitrogen and oxygen atoms in total. The fourth-order valence-corrected chi connectivity index (χ4v) is 1.97. The van der Waals surface area contributed by atoms with E-state index in [-0.39, 0.29) is 5.41 Å². The molecular formula is C14H23NO2. The monoisotopic (exact) mass is 237 g/mol. The van der Waals surface area contributed by atoms with Crippen LogP contribution < -0.4 is 5.32 Å². The van der Waals surface area contributed by atoms with Gasteiger partial charge in [0.25, 0.3) is 0 Å². The number of phenols is 1. The molecule has 0 aromatic heterocycles. The van der Waals surface area contributed by atoms with Gasteiger partial charge in [0, 0.05) is 6.54 Å². The molecular weight excluding hydrogens is 214 g/mol. The highest BCUT2D eigenvalue weighted by molar-refractivity contribution is 5.45. The Morgan fingerprint density at radius 1 is 1.29 bits per heavy atom. The Morgan fingerprint density at radius 2 is 1.88 bits per heavy atom. The molecule has 96 valence electrons. The molecule has 17 heavy (non-hydrogen) atoms. The van der Waals surface area contributed by atoms with E-state index in [4.69, 9.17) is 0 Å². The lowest BCUT2D eigenvalue weighted by Gasteiger charge is -2.24. The Morgan fingerprint density at radius 3 is 2.35 bits per heavy atom. The molecule has 0 saturated heterocycles. The Labute approximate surface area is 103 Å². The van der Waals surface area contributed by atoms with Gasteiger partial charge in [0.2, 0.25) is 0 Å². The number of phenolic OH excluding ortho intramolecular Hbond substituents is 1. The average Bonchev–Trinajstić information content (AvgIpc) is 2.15. The highest BCUT2D eigenvalue weighted by atomic mass is 16.3. The summed E-state index contributed by atoms with van der Waals surface area (Å²) >= 11 is 0. The first kappa shape index (κ1) is 14.0. The summed E-state index contributed by atoms with van der Waals surface area (Å²) < 4.78 is 0. The van der Waals surface area contributed by atoms with Crippen LogP contribution in [0.2, 0.25) is 0 Å². The lowest BCUT2D eigenvalue weighted by Crippen LogP contribution is -2.19. The smallest absolute Gasteiger partial charge is 0.119 e. The molecule has 1 aromatic rings. The first-order chi connectivity index (χ1) is 7.77. The maximum Gasteiger partial charge on any atom is 0.119 e. The molecule has 0 radical (unpaired) electrons. The molecule has 0 saturated carbocycles. The van der Waals surface area contributed by atoms with Crippen molar-refractivity contribution in [1.82, 2.24) is 5.32 Å². The zero-order valence-corrected chi connectivity index (χ0v) is 11.3. The largest absolute Gasteiger partial charge is 0.508 e. The van der Waals surface area contributed by atoms with Gasteiger partial charge in [0.1, 0.15) is 5.75 Å². The third kappa shape index (κ3) is 3.20. The van der Waals surface area contributed by atoms with Gasteiger partial charge in [-0.05, 0) is 48.2 Å². The van der Waals surface area contributed by atoms with Crippen molar-refractivity contribution in [3.8, 4) is 5.75 Å². The molecule has 1 aromatic carbocycles. The highest BCUT2D eigenvalue weighted by Crippen LogP contribution is 2.34. The van der Waals surface area contributed by atoms with Gasteiger partial charge in [0.15, 0.2) is 0 Å². The molecule has 0 aliphatic carbocycles. The van der Waals surface area contributed by atoms with Crippen LogP contribution in [0, 0.1) is 6.92 Å². The van der Waals surface area contributed by atoms with Crippen molar-refractivity contribution >= 4 is 0 Å². The summed E-state index contributed by atoms with van der Waals surface area (Å²) in [6, 6.07) is 3.64. The second kappa shape index (κ2) is 5.07. The summed E-state index contributed by atoms with van der Waals surface area (Å²) in [5, 5.41) is 23.0. The van der Waals surface area contributed by atoms with Crippen LogP contribution in [0.3, 0.4) is 0 Å². The number of hydrogen-bond acceptors (Lipinski definition) is 3. The van der Waals surface area contributed by atoms with Crippen molar-refractivity contribution in [2.24, 2.45) is 0 Å². The number of aryl methyl sites for hydroxylation is 1. The number of aliphatic hydroxyl groups is 1. The zero-order chi connectivity index (χ0) is 13.2. The van der Waals surface area contributed by atoms with E-state index in [1.807, 2.05) is 40.8 Å². The highest BCUT2D eigenvalue weighted by Gasteiger charge is 2.21. The quantitative estimate of drug-likeness (QED) is 0.755. The minimum atomic E-state index is -0.540. The first-order valence-electron chi connectivity index (χ1n) is 5.94. The van der Waals surface area contributed by atoms with E-state index in [0.29, 0.717) is 12.3 Å². The second-order valence-electron chi connectivity index (χ2n) is 5.55. The average molecular weight is 237 g/mol. The number of rotatable bonds is 3. The maximum absolute atomic E-state index is 10.0. The standard InChI is InChI=1S/C14H23NO2/c1-9-6-12(16)11(14(2,3)4)7-10(9)13(17)8-15-5/h6-7,13,15-17H,8H2,1-5H3. The van der Waals surface area contributed by atoms with Crippen LogP contribution in [-0.2, 0) is 5.41 Å². The second-order valence-corrected chi connectivity index (χ2v) is 5.55. The number of aromatic hydroxyl groups is 1. The van der Waals surface area contributed by atoms with Gasteiger partial charge in [-0.3, -0.25) is 0 Å². The number of nitrogens with one attached hydrogen (secondary N) is 1. The molecule has 0 amide bonds. The van der Waals surface area contributed by atoms with Crippen LogP contribution >= 0.6 is 0 Å². The summed E-state index contributed by atoms with van der Waals surface area (Å²) in [7, 11) is 1.81. The fourth-order valence-electron chi connectivity index (χ4n) is 1.97. The Kier molecular flexibility index (Phi) is 4.17. The fraction of sp³-hybridized carbons (Fsp3) is 0.571. The number of hydrogen-bond donors (Lipinski definition) is 3. The van der Waals surface area contributed by atoms with Crippen LogP contribution in [0.25, 0.3) is 0 Å². The number of benzene rings is 1. The van der Waals surface area contributed by atoms with E-state index in [0.717, 1.165) is 16.7 Å². The third-order valence-corrected chi connectivity index (χ3v) is 2.95. The van der Waals surface area contributed by atoms with E-state index < -0.39 is 6.10 Å². The van der Waals surface area contributed by atoms with E-state index >= 15 is 0 Å². The predicted molar refractivity (Wildman–Crippen MR) is 70.4 cm³/mol. The van der Waals surface area contributed by atoms with E-state index in [1.165, 1.54) is 0 Å². The minimum absolute atomic E-state index is 0.133. The molecule has 0 bridgehead atoms. The van der Waals surface area contributed by atoms with Gasteiger partial charge in [0.05, 0.1) is 6.10 Å². The molecule has 0 aliphatic heterocycles. The summed E-state index contributed by atoms with van der Waals surface area (Å²) in [6.07, 6.45) is -0.540. The zero-order valence-electron chi connectivity index (χ0n) is 11.3. The normalized spacial score (nSPS) is 13.8. The molecule has 1 unspecified atom stereocenters. The van der Waals surface area contributed by atoms with Crippen LogP contribution in [0.15, 0.2) is 12.1 Å². The molecule has 1 atom stereocenters. The van der Waals surface area contributed by atoms with E-state index in [9.17, 15) is 10.2 Å². The summed E-state index contributed by atoms with van der Waals surface area (Å²) in [5.41, 5.74) is 2.53. The van der Waals surface area contributed by atoms with E-state index in [1.54, 1.807) is 6.07 Å². The van der Waals surface area contributed by atoms with Gasteiger partial charge in [-0.15, -0.1) is 0 Å². The molecule has 0 heterocycles. The van der Waals surface area contributed by atoms with Gasteiger partial charge in [-0.1, -0.05) is 20.8 Å².